The maximum absolute atomic E-state index is 13.4. The van der Waals surface area contributed by atoms with Crippen LogP contribution >= 0.6 is 11.6 Å². The Balaban J connectivity index is 0.000000227. The highest BCUT2D eigenvalue weighted by molar-refractivity contribution is 6.33. The summed E-state index contributed by atoms with van der Waals surface area (Å²) in [6, 6.07) is 4.69. The molecule has 0 radical (unpaired) electrons. The molecule has 1 amide bonds. The van der Waals surface area contributed by atoms with Crippen molar-refractivity contribution >= 4 is 46.9 Å². The number of hydrogen-bond donors (Lipinski definition) is 3. The van der Waals surface area contributed by atoms with E-state index in [-0.39, 0.29) is 12.1 Å². The summed E-state index contributed by atoms with van der Waals surface area (Å²) in [5.74, 6) is 0.0842. The number of carbonyl (C=O) groups excluding carboxylic acids is 1. The summed E-state index contributed by atoms with van der Waals surface area (Å²) in [4.78, 5) is 14.3. The SMILES string of the molecule is C/C=N\N(NC)c1ncc(NC=O)cc1Cl.CNc1cnn2c(F)ccc2c1C(C)OC. The van der Waals surface area contributed by atoms with Crippen LogP contribution in [0.5, 0.6) is 0 Å². The molecule has 3 aromatic heterocycles. The summed E-state index contributed by atoms with van der Waals surface area (Å²) in [7, 11) is 5.13. The molecule has 1 unspecified atom stereocenters. The van der Waals surface area contributed by atoms with Crippen LogP contribution in [0.4, 0.5) is 21.6 Å². The minimum atomic E-state index is -0.373. The zero-order chi connectivity index (χ0) is 23.7. The lowest BCUT2D eigenvalue weighted by atomic mass is 10.1. The van der Waals surface area contributed by atoms with Crippen LogP contribution in [0.1, 0.15) is 25.5 Å². The standard InChI is InChI=1S/C11H14FN3O.C9H12ClN5O/c1-7(16-3)11-8(13-2)6-14-15-9(11)4-5-10(15)12;1-3-14-15(11-2)9-8(10)4-7(5-12-9)13-6-16/h4-7,13H,1-3H3;3-6,11H,1-2H3,(H,13,16)/b;14-3-. The van der Waals surface area contributed by atoms with Gasteiger partial charge >= 0.3 is 0 Å². The summed E-state index contributed by atoms with van der Waals surface area (Å²) >= 11 is 6.00. The number of hydrazine groups is 1. The Morgan fingerprint density at radius 1 is 1.34 bits per heavy atom. The lowest BCUT2D eigenvalue weighted by molar-refractivity contribution is -0.105. The molecule has 3 heterocycles. The van der Waals surface area contributed by atoms with Crippen LogP contribution in [0.2, 0.25) is 5.02 Å². The Morgan fingerprint density at radius 3 is 2.66 bits per heavy atom. The molecule has 10 nitrogen and oxygen atoms in total. The number of carbonyl (C=O) groups is 1. The molecular formula is C20H26ClFN8O2. The first-order valence-corrected chi connectivity index (χ1v) is 9.98. The van der Waals surface area contributed by atoms with Gasteiger partial charge in [0, 0.05) is 33.0 Å². The summed E-state index contributed by atoms with van der Waals surface area (Å²) in [5, 5.41) is 15.3. The van der Waals surface area contributed by atoms with Gasteiger partial charge in [-0.1, -0.05) is 11.6 Å². The molecule has 0 aromatic carbocycles. The molecule has 3 aromatic rings. The van der Waals surface area contributed by atoms with Crippen LogP contribution in [0, 0.1) is 5.95 Å². The number of anilines is 3. The average molecular weight is 465 g/mol. The van der Waals surface area contributed by atoms with E-state index in [1.807, 2.05) is 6.92 Å². The summed E-state index contributed by atoms with van der Waals surface area (Å²) in [6.45, 7) is 3.70. The third kappa shape index (κ3) is 5.69. The Bertz CT molecular complexity index is 1080. The second-order valence-corrected chi connectivity index (χ2v) is 6.66. The van der Waals surface area contributed by atoms with Crippen LogP contribution < -0.4 is 21.2 Å². The zero-order valence-corrected chi connectivity index (χ0v) is 19.2. The monoisotopic (exact) mass is 464 g/mol. The Labute approximate surface area is 190 Å². The normalized spacial score (nSPS) is 11.7. The first-order chi connectivity index (χ1) is 15.4. The van der Waals surface area contributed by atoms with Crippen LogP contribution in [-0.4, -0.2) is 48.4 Å². The maximum atomic E-state index is 13.4. The first kappa shape index (κ1) is 25.0. The minimum absolute atomic E-state index is 0.123. The molecule has 0 aliphatic heterocycles. The quantitative estimate of drug-likeness (QED) is 0.266. The molecule has 12 heteroatoms. The highest BCUT2D eigenvalue weighted by Crippen LogP contribution is 2.29. The lowest BCUT2D eigenvalue weighted by Gasteiger charge is -2.17. The van der Waals surface area contributed by atoms with Gasteiger partial charge in [0.1, 0.15) is 0 Å². The van der Waals surface area contributed by atoms with Crippen LogP contribution in [0.15, 0.2) is 35.7 Å². The fourth-order valence-corrected chi connectivity index (χ4v) is 3.11. The molecule has 0 aliphatic rings. The second-order valence-electron chi connectivity index (χ2n) is 6.25. The van der Waals surface area contributed by atoms with Crippen molar-refractivity contribution in [2.24, 2.45) is 5.10 Å². The van der Waals surface area contributed by atoms with Gasteiger partial charge in [0.05, 0.1) is 40.4 Å². The van der Waals surface area contributed by atoms with Crippen molar-refractivity contribution in [2.75, 3.05) is 37.0 Å². The summed E-state index contributed by atoms with van der Waals surface area (Å²) in [6.07, 6.45) is 5.13. The molecule has 0 saturated carbocycles. The molecule has 3 rings (SSSR count). The molecule has 0 saturated heterocycles. The number of hydrogen-bond acceptors (Lipinski definition) is 8. The summed E-state index contributed by atoms with van der Waals surface area (Å²) in [5.41, 5.74) is 5.81. The minimum Gasteiger partial charge on any atom is -0.386 e. The molecule has 0 bridgehead atoms. The van der Waals surface area contributed by atoms with Crippen LogP contribution in [0.3, 0.4) is 0 Å². The van der Waals surface area contributed by atoms with Crippen molar-refractivity contribution < 1.29 is 13.9 Å². The molecule has 1 atom stereocenters. The third-order valence-electron chi connectivity index (χ3n) is 4.40. The van der Waals surface area contributed by atoms with Gasteiger partial charge in [-0.15, -0.1) is 0 Å². The van der Waals surface area contributed by atoms with E-state index in [2.05, 4.69) is 31.2 Å². The van der Waals surface area contributed by atoms with Gasteiger partial charge in [-0.3, -0.25) is 4.79 Å². The molecule has 32 heavy (non-hydrogen) atoms. The highest BCUT2D eigenvalue weighted by Gasteiger charge is 2.16. The Morgan fingerprint density at radius 2 is 2.09 bits per heavy atom. The predicted molar refractivity (Wildman–Crippen MR) is 125 cm³/mol. The summed E-state index contributed by atoms with van der Waals surface area (Å²) < 4.78 is 19.9. The lowest BCUT2D eigenvalue weighted by Crippen LogP contribution is -2.30. The van der Waals surface area contributed by atoms with Gasteiger partial charge in [-0.25, -0.2) is 14.9 Å². The predicted octanol–water partition coefficient (Wildman–Crippen LogP) is 3.47. The number of nitrogens with zero attached hydrogens (tertiary/aromatic N) is 5. The largest absolute Gasteiger partial charge is 0.386 e. The smallest absolute Gasteiger partial charge is 0.214 e. The number of nitrogens with one attached hydrogen (secondary N) is 3. The molecule has 0 fully saturated rings. The molecular weight excluding hydrogens is 439 g/mol. The number of ether oxygens (including phenoxy) is 1. The fourth-order valence-electron chi connectivity index (χ4n) is 2.86. The molecule has 172 valence electrons. The van der Waals surface area contributed by atoms with E-state index in [1.54, 1.807) is 52.7 Å². The van der Waals surface area contributed by atoms with Crippen LogP contribution in [0.25, 0.3) is 5.52 Å². The zero-order valence-electron chi connectivity index (χ0n) is 18.4. The second kappa shape index (κ2) is 11.9. The van der Waals surface area contributed by atoms with E-state index in [4.69, 9.17) is 16.3 Å². The average Bonchev–Trinajstić information content (AvgIpc) is 3.18. The number of amides is 1. The van der Waals surface area contributed by atoms with E-state index in [0.29, 0.717) is 22.9 Å². The van der Waals surface area contributed by atoms with Gasteiger partial charge in [-0.05, 0) is 32.0 Å². The van der Waals surface area contributed by atoms with E-state index >= 15 is 0 Å². The third-order valence-corrected chi connectivity index (χ3v) is 4.68. The van der Waals surface area contributed by atoms with Crippen molar-refractivity contribution in [3.63, 3.8) is 0 Å². The Kier molecular flexibility index (Phi) is 9.32. The fraction of sp³-hybridized carbons (Fsp3) is 0.300. The van der Waals surface area contributed by atoms with Crippen LogP contribution in [-0.2, 0) is 9.53 Å². The molecule has 3 N–H and O–H groups in total. The first-order valence-electron chi connectivity index (χ1n) is 9.60. The maximum Gasteiger partial charge on any atom is 0.214 e. The number of fused-ring (bicyclic) bond motifs is 1. The number of pyridine rings is 1. The van der Waals surface area contributed by atoms with E-state index < -0.39 is 0 Å². The molecule has 0 aliphatic carbocycles. The number of methoxy groups -OCH3 is 1. The van der Waals surface area contributed by atoms with Crippen molar-refractivity contribution in [1.82, 2.24) is 20.0 Å². The van der Waals surface area contributed by atoms with E-state index in [0.717, 1.165) is 16.8 Å². The van der Waals surface area contributed by atoms with Gasteiger partial charge in [0.15, 0.2) is 5.82 Å². The van der Waals surface area contributed by atoms with E-state index in [1.165, 1.54) is 21.9 Å². The van der Waals surface area contributed by atoms with Gasteiger partial charge < -0.3 is 15.4 Å². The van der Waals surface area contributed by atoms with Crippen molar-refractivity contribution in [2.45, 2.75) is 20.0 Å². The topological polar surface area (TPSA) is 108 Å². The Hall–Kier alpha value is -3.28. The van der Waals surface area contributed by atoms with Gasteiger partial charge in [-0.2, -0.15) is 19.7 Å². The van der Waals surface area contributed by atoms with Gasteiger partial charge in [0.2, 0.25) is 12.4 Å². The van der Waals surface area contributed by atoms with Gasteiger partial charge in [0.25, 0.3) is 0 Å². The number of hydrazone groups is 1. The van der Waals surface area contributed by atoms with E-state index in [9.17, 15) is 9.18 Å². The number of halogens is 2. The number of aromatic nitrogens is 3. The molecule has 0 spiro atoms. The van der Waals surface area contributed by atoms with Crippen molar-refractivity contribution in [1.29, 1.82) is 0 Å². The van der Waals surface area contributed by atoms with Crippen molar-refractivity contribution in [3.8, 4) is 0 Å². The number of rotatable bonds is 8. The van der Waals surface area contributed by atoms with Crippen molar-refractivity contribution in [3.05, 3.63) is 47.1 Å². The highest BCUT2D eigenvalue weighted by atomic mass is 35.5.